The molecule has 0 spiro atoms. The summed E-state index contributed by atoms with van der Waals surface area (Å²) in [6.07, 6.45) is 3.94. The van der Waals surface area contributed by atoms with Gasteiger partial charge in [0.25, 0.3) is 0 Å². The van der Waals surface area contributed by atoms with Crippen LogP contribution in [0.3, 0.4) is 0 Å². The second-order valence-electron chi connectivity index (χ2n) is 3.84. The molecule has 1 fully saturated rings. The Bertz CT molecular complexity index is 294. The first-order chi connectivity index (χ1) is 6.25. The number of benzene rings is 1. The maximum Gasteiger partial charge on any atom is 0.0297 e. The van der Waals surface area contributed by atoms with Crippen LogP contribution in [0.4, 0.5) is 0 Å². The summed E-state index contributed by atoms with van der Waals surface area (Å²) in [7, 11) is 0. The molecule has 70 valence electrons. The van der Waals surface area contributed by atoms with Crippen molar-refractivity contribution < 1.29 is 0 Å². The van der Waals surface area contributed by atoms with Gasteiger partial charge in [-0.2, -0.15) is 0 Å². The molecule has 1 aromatic carbocycles. The maximum absolute atomic E-state index is 6.10. The van der Waals surface area contributed by atoms with Crippen molar-refractivity contribution in [3.05, 3.63) is 33.4 Å². The zero-order chi connectivity index (χ0) is 9.26. The van der Waals surface area contributed by atoms with Gasteiger partial charge in [-0.3, -0.25) is 0 Å². The molecule has 0 saturated heterocycles. The average Bonchev–Trinajstić information content (AvgIpc) is 2.88. The number of halogens is 1. The maximum atomic E-state index is 6.10. The summed E-state index contributed by atoms with van der Waals surface area (Å²) < 4.78 is 1.28. The van der Waals surface area contributed by atoms with Crippen molar-refractivity contribution in [2.45, 2.75) is 25.3 Å². The van der Waals surface area contributed by atoms with E-state index in [1.807, 2.05) is 0 Å². The molecule has 2 rings (SSSR count). The summed E-state index contributed by atoms with van der Waals surface area (Å²) >= 11 is 2.33. The molecular formula is C11H14IN. The fourth-order valence-corrected chi connectivity index (χ4v) is 2.15. The number of rotatable bonds is 3. The highest BCUT2D eigenvalue weighted by molar-refractivity contribution is 14.1. The van der Waals surface area contributed by atoms with Crippen LogP contribution in [0.5, 0.6) is 0 Å². The topological polar surface area (TPSA) is 26.0 Å². The van der Waals surface area contributed by atoms with E-state index < -0.39 is 0 Å². The highest BCUT2D eigenvalue weighted by atomic mass is 127. The van der Waals surface area contributed by atoms with Gasteiger partial charge in [-0.15, -0.1) is 0 Å². The number of hydrogen-bond donors (Lipinski definition) is 1. The van der Waals surface area contributed by atoms with Crippen LogP contribution in [0.1, 0.15) is 30.9 Å². The van der Waals surface area contributed by atoms with Gasteiger partial charge in [-0.25, -0.2) is 0 Å². The summed E-state index contributed by atoms with van der Waals surface area (Å²) in [4.78, 5) is 0. The monoisotopic (exact) mass is 287 g/mol. The minimum Gasteiger partial charge on any atom is -0.324 e. The van der Waals surface area contributed by atoms with E-state index in [1.54, 1.807) is 0 Å². The van der Waals surface area contributed by atoms with Crippen molar-refractivity contribution in [3.63, 3.8) is 0 Å². The molecule has 0 bridgehead atoms. The van der Waals surface area contributed by atoms with Crippen LogP contribution in [0, 0.1) is 9.49 Å². The minimum atomic E-state index is 0.252. The lowest BCUT2D eigenvalue weighted by atomic mass is 10.0. The molecule has 1 aliphatic carbocycles. The van der Waals surface area contributed by atoms with Crippen molar-refractivity contribution in [1.82, 2.24) is 0 Å². The SMILES string of the molecule is N[C@@H](CC1CC1)c1cccc(I)c1. The molecule has 0 amide bonds. The van der Waals surface area contributed by atoms with E-state index in [1.165, 1.54) is 28.4 Å². The molecule has 1 nitrogen and oxygen atoms in total. The Morgan fingerprint density at radius 1 is 1.46 bits per heavy atom. The Labute approximate surface area is 92.9 Å². The molecule has 0 aromatic heterocycles. The first-order valence-corrected chi connectivity index (χ1v) is 5.84. The van der Waals surface area contributed by atoms with E-state index in [0.29, 0.717) is 0 Å². The largest absolute Gasteiger partial charge is 0.324 e. The van der Waals surface area contributed by atoms with E-state index in [-0.39, 0.29) is 6.04 Å². The highest BCUT2D eigenvalue weighted by Gasteiger charge is 2.24. The lowest BCUT2D eigenvalue weighted by Gasteiger charge is -2.11. The van der Waals surface area contributed by atoms with Gasteiger partial charge in [0.15, 0.2) is 0 Å². The molecule has 1 aromatic rings. The predicted octanol–water partition coefficient (Wildman–Crippen LogP) is 3.09. The average molecular weight is 287 g/mol. The Kier molecular flexibility index (Phi) is 2.89. The molecule has 0 heterocycles. The minimum absolute atomic E-state index is 0.252. The molecule has 1 atom stereocenters. The fraction of sp³-hybridized carbons (Fsp3) is 0.455. The van der Waals surface area contributed by atoms with Gasteiger partial charge in [-0.05, 0) is 52.6 Å². The summed E-state index contributed by atoms with van der Waals surface area (Å²) in [5, 5.41) is 0. The summed E-state index contributed by atoms with van der Waals surface area (Å²) in [6, 6.07) is 8.77. The van der Waals surface area contributed by atoms with Gasteiger partial charge < -0.3 is 5.73 Å². The van der Waals surface area contributed by atoms with Gasteiger partial charge >= 0.3 is 0 Å². The van der Waals surface area contributed by atoms with Crippen molar-refractivity contribution in [1.29, 1.82) is 0 Å². The second-order valence-corrected chi connectivity index (χ2v) is 5.09. The van der Waals surface area contributed by atoms with Gasteiger partial charge in [-0.1, -0.05) is 25.0 Å². The molecule has 0 unspecified atom stereocenters. The summed E-state index contributed by atoms with van der Waals surface area (Å²) in [6.45, 7) is 0. The molecule has 1 saturated carbocycles. The van der Waals surface area contributed by atoms with Crippen molar-refractivity contribution in [2.75, 3.05) is 0 Å². The Balaban J connectivity index is 2.04. The van der Waals surface area contributed by atoms with Gasteiger partial charge in [0.1, 0.15) is 0 Å². The van der Waals surface area contributed by atoms with Crippen LogP contribution >= 0.6 is 22.6 Å². The lowest BCUT2D eigenvalue weighted by molar-refractivity contribution is 0.597. The van der Waals surface area contributed by atoms with Crippen LogP contribution < -0.4 is 5.73 Å². The molecule has 2 N–H and O–H groups in total. The van der Waals surface area contributed by atoms with Crippen LogP contribution in [-0.4, -0.2) is 0 Å². The lowest BCUT2D eigenvalue weighted by Crippen LogP contribution is -2.10. The van der Waals surface area contributed by atoms with Gasteiger partial charge in [0, 0.05) is 9.61 Å². The smallest absolute Gasteiger partial charge is 0.0297 e. The molecule has 13 heavy (non-hydrogen) atoms. The normalized spacial score (nSPS) is 18.6. The van der Waals surface area contributed by atoms with E-state index in [4.69, 9.17) is 5.73 Å². The molecular weight excluding hydrogens is 273 g/mol. The molecule has 2 heteroatoms. The quantitative estimate of drug-likeness (QED) is 0.849. The van der Waals surface area contributed by atoms with Crippen LogP contribution in [0.2, 0.25) is 0 Å². The predicted molar refractivity (Wildman–Crippen MR) is 63.4 cm³/mol. The fourth-order valence-electron chi connectivity index (χ4n) is 1.59. The Morgan fingerprint density at radius 3 is 2.85 bits per heavy atom. The van der Waals surface area contributed by atoms with Gasteiger partial charge in [0.2, 0.25) is 0 Å². The third kappa shape index (κ3) is 2.68. The molecule has 0 aliphatic heterocycles. The first-order valence-electron chi connectivity index (χ1n) is 4.77. The van der Waals surface area contributed by atoms with Gasteiger partial charge in [0.05, 0.1) is 0 Å². The first kappa shape index (κ1) is 9.46. The third-order valence-electron chi connectivity index (χ3n) is 2.56. The standard InChI is InChI=1S/C11H14IN/c12-10-3-1-2-9(7-10)11(13)6-8-4-5-8/h1-3,7-8,11H,4-6,13H2/t11-/m0/s1. The highest BCUT2D eigenvalue weighted by Crippen LogP contribution is 2.36. The number of nitrogens with two attached hydrogens (primary N) is 1. The zero-order valence-electron chi connectivity index (χ0n) is 7.54. The summed E-state index contributed by atoms with van der Waals surface area (Å²) in [5.41, 5.74) is 7.39. The summed E-state index contributed by atoms with van der Waals surface area (Å²) in [5.74, 6) is 0.910. The number of hydrogen-bond acceptors (Lipinski definition) is 1. The van der Waals surface area contributed by atoms with Crippen LogP contribution in [0.15, 0.2) is 24.3 Å². The van der Waals surface area contributed by atoms with Crippen LogP contribution in [-0.2, 0) is 0 Å². The van der Waals surface area contributed by atoms with Crippen LogP contribution in [0.25, 0.3) is 0 Å². The molecule has 1 aliphatic rings. The van der Waals surface area contributed by atoms with Crippen molar-refractivity contribution in [2.24, 2.45) is 11.7 Å². The van der Waals surface area contributed by atoms with E-state index in [0.717, 1.165) is 5.92 Å². The van der Waals surface area contributed by atoms with E-state index in [2.05, 4.69) is 46.9 Å². The Morgan fingerprint density at radius 2 is 2.23 bits per heavy atom. The van der Waals surface area contributed by atoms with E-state index >= 15 is 0 Å². The zero-order valence-corrected chi connectivity index (χ0v) is 9.70. The van der Waals surface area contributed by atoms with E-state index in [9.17, 15) is 0 Å². The third-order valence-corrected chi connectivity index (χ3v) is 3.23. The van der Waals surface area contributed by atoms with Crippen molar-refractivity contribution in [3.8, 4) is 0 Å². The van der Waals surface area contributed by atoms with Crippen molar-refractivity contribution >= 4 is 22.6 Å². The Hall–Kier alpha value is -0.0900. The second kappa shape index (κ2) is 3.96. The molecule has 0 radical (unpaired) electrons.